The van der Waals surface area contributed by atoms with Crippen LogP contribution in [0.2, 0.25) is 0 Å². The quantitative estimate of drug-likeness (QED) is 0.457. The van der Waals surface area contributed by atoms with Gasteiger partial charge in [0.25, 0.3) is 0 Å². The second-order valence-electron chi connectivity index (χ2n) is 1.17. The zero-order valence-electron chi connectivity index (χ0n) is 3.63. The van der Waals surface area contributed by atoms with Crippen LogP contribution in [0.4, 0.5) is 0 Å². The Labute approximate surface area is 41.4 Å². The molecule has 1 rings (SSSR count). The second kappa shape index (κ2) is 1.73. The summed E-state index contributed by atoms with van der Waals surface area (Å²) in [6.45, 7) is 0. The minimum absolute atomic E-state index is 0.583. The van der Waals surface area contributed by atoms with E-state index in [0.717, 1.165) is 7.15 Å². The van der Waals surface area contributed by atoms with Gasteiger partial charge in [0, 0.05) is 0 Å². The first-order valence-corrected chi connectivity index (χ1v) is 1.91. The molecule has 0 spiro atoms. The monoisotopic (exact) mass is 94.0 g/mol. The summed E-state index contributed by atoms with van der Waals surface area (Å²) in [5.74, 6) is 0. The fraction of sp³-hybridized carbons (Fsp3) is 0. The van der Waals surface area contributed by atoms with Crippen LogP contribution in [-0.2, 0) is 4.70 Å². The summed E-state index contributed by atoms with van der Waals surface area (Å²) in [5, 5.41) is 0. The predicted octanol–water partition coefficient (Wildman–Crippen LogP) is -0.0454. The van der Waals surface area contributed by atoms with Crippen LogP contribution in [0.1, 0.15) is 0 Å². The Morgan fingerprint density at radius 1 is 1.71 bits per heavy atom. The molecule has 0 bridgehead atoms. The van der Waals surface area contributed by atoms with Crippen molar-refractivity contribution in [3.63, 3.8) is 0 Å². The van der Waals surface area contributed by atoms with Crippen LogP contribution < -0.4 is 5.46 Å². The van der Waals surface area contributed by atoms with Crippen molar-refractivity contribution in [2.24, 2.45) is 0 Å². The first-order valence-electron chi connectivity index (χ1n) is 1.91. The summed E-state index contributed by atoms with van der Waals surface area (Å²) in [6.07, 6.45) is 2.86. The number of hydrogen-bond donors (Lipinski definition) is 0. The number of furan rings is 1. The molecule has 0 saturated heterocycles. The van der Waals surface area contributed by atoms with E-state index in [4.69, 9.17) is 0 Å². The van der Waals surface area contributed by atoms with E-state index in [9.17, 15) is 4.70 Å². The van der Waals surface area contributed by atoms with Crippen molar-refractivity contribution in [1.29, 1.82) is 0 Å². The van der Waals surface area contributed by atoms with Gasteiger partial charge in [-0.15, -0.1) is 0 Å². The Kier molecular flexibility index (Phi) is 1.07. The third-order valence-corrected chi connectivity index (χ3v) is 0.679. The third kappa shape index (κ3) is 0.767. The topological polar surface area (TPSA) is 30.2 Å². The van der Waals surface area contributed by atoms with Gasteiger partial charge in [0.2, 0.25) is 0 Å². The van der Waals surface area contributed by atoms with E-state index in [-0.39, 0.29) is 0 Å². The molecule has 0 aliphatic rings. The Morgan fingerprint density at radius 2 is 2.57 bits per heavy atom. The standard InChI is InChI=1S/C4H3BO2/c6-5-4-1-2-7-3-4/h1-3H. The summed E-state index contributed by atoms with van der Waals surface area (Å²) in [7, 11) is 0.740. The van der Waals surface area contributed by atoms with Crippen molar-refractivity contribution in [2.75, 3.05) is 0 Å². The van der Waals surface area contributed by atoms with E-state index in [1.54, 1.807) is 6.07 Å². The van der Waals surface area contributed by atoms with Gasteiger partial charge in [-0.25, -0.2) is 0 Å². The van der Waals surface area contributed by atoms with Gasteiger partial charge in [0.05, 0.1) is 0 Å². The van der Waals surface area contributed by atoms with Gasteiger partial charge in [0.15, 0.2) is 0 Å². The molecular formula is C4H3BO2. The van der Waals surface area contributed by atoms with Gasteiger partial charge in [-0.2, -0.15) is 0 Å². The second-order valence-corrected chi connectivity index (χ2v) is 1.17. The van der Waals surface area contributed by atoms with Crippen LogP contribution in [0, 0.1) is 0 Å². The number of rotatable bonds is 1. The van der Waals surface area contributed by atoms with Crippen LogP contribution in [0.15, 0.2) is 23.0 Å². The summed E-state index contributed by atoms with van der Waals surface area (Å²) in [5.41, 5.74) is 0.583. The average Bonchev–Trinajstić information content (AvgIpc) is 2.14. The first-order chi connectivity index (χ1) is 3.43. The van der Waals surface area contributed by atoms with Gasteiger partial charge in [-0.3, -0.25) is 0 Å². The minimum atomic E-state index is 0.583. The first kappa shape index (κ1) is 4.31. The van der Waals surface area contributed by atoms with E-state index < -0.39 is 0 Å². The zero-order valence-corrected chi connectivity index (χ0v) is 3.63. The fourth-order valence-corrected chi connectivity index (χ4v) is 0.342. The molecule has 3 heteroatoms. The molecule has 0 aliphatic carbocycles. The van der Waals surface area contributed by atoms with Crippen LogP contribution in [0.25, 0.3) is 0 Å². The molecule has 0 amide bonds. The molecule has 0 unspecified atom stereocenters. The summed E-state index contributed by atoms with van der Waals surface area (Å²) in [4.78, 5) is 0. The molecule has 0 saturated carbocycles. The molecule has 7 heavy (non-hydrogen) atoms. The molecule has 0 aromatic carbocycles. The molecule has 0 atom stereocenters. The van der Waals surface area contributed by atoms with Crippen molar-refractivity contribution in [1.82, 2.24) is 0 Å². The molecule has 0 fully saturated rings. The molecule has 0 N–H and O–H groups in total. The van der Waals surface area contributed by atoms with Crippen molar-refractivity contribution in [2.45, 2.75) is 0 Å². The normalized spacial score (nSPS) is 8.00. The Morgan fingerprint density at radius 3 is 2.86 bits per heavy atom. The molecule has 1 aromatic heterocycles. The average molecular weight is 93.9 g/mol. The van der Waals surface area contributed by atoms with Crippen molar-refractivity contribution in [3.05, 3.63) is 18.6 Å². The molecule has 2 nitrogen and oxygen atoms in total. The van der Waals surface area contributed by atoms with E-state index in [2.05, 4.69) is 4.42 Å². The molecular weight excluding hydrogens is 90.9 g/mol. The van der Waals surface area contributed by atoms with E-state index in [0.29, 0.717) is 5.46 Å². The summed E-state index contributed by atoms with van der Waals surface area (Å²) < 4.78 is 14.4. The van der Waals surface area contributed by atoms with Gasteiger partial charge in [-0.1, -0.05) is 0 Å². The Balaban J connectivity index is 2.96. The Hall–Kier alpha value is -0.855. The van der Waals surface area contributed by atoms with Crippen molar-refractivity contribution < 1.29 is 9.12 Å². The van der Waals surface area contributed by atoms with Crippen LogP contribution in [0.5, 0.6) is 0 Å². The molecule has 0 radical (unpaired) electrons. The zero-order chi connectivity index (χ0) is 5.11. The van der Waals surface area contributed by atoms with Crippen molar-refractivity contribution >= 4 is 12.6 Å². The Bertz CT molecular complexity index is 145. The predicted molar refractivity (Wildman–Crippen MR) is 24.8 cm³/mol. The van der Waals surface area contributed by atoms with Gasteiger partial charge in [0.1, 0.15) is 0 Å². The molecule has 1 heterocycles. The molecule has 1 aromatic rings. The van der Waals surface area contributed by atoms with E-state index in [1.165, 1.54) is 12.5 Å². The van der Waals surface area contributed by atoms with Crippen LogP contribution in [-0.4, -0.2) is 7.15 Å². The summed E-state index contributed by atoms with van der Waals surface area (Å²) >= 11 is 0. The molecule has 34 valence electrons. The van der Waals surface area contributed by atoms with Gasteiger partial charge >= 0.3 is 40.3 Å². The third-order valence-electron chi connectivity index (χ3n) is 0.679. The van der Waals surface area contributed by atoms with Crippen LogP contribution >= 0.6 is 0 Å². The maximum atomic E-state index is 9.81. The number of hydrogen-bond acceptors (Lipinski definition) is 2. The van der Waals surface area contributed by atoms with E-state index >= 15 is 0 Å². The van der Waals surface area contributed by atoms with Crippen LogP contribution in [0.3, 0.4) is 0 Å². The fourth-order valence-electron chi connectivity index (χ4n) is 0.342. The van der Waals surface area contributed by atoms with Crippen molar-refractivity contribution in [3.8, 4) is 0 Å². The SMILES string of the molecule is O=Bc1ccoc1. The molecule has 0 aliphatic heterocycles. The van der Waals surface area contributed by atoms with Gasteiger partial charge in [-0.05, 0) is 0 Å². The van der Waals surface area contributed by atoms with E-state index in [1.807, 2.05) is 0 Å². The maximum absolute atomic E-state index is 9.81. The van der Waals surface area contributed by atoms with Gasteiger partial charge < -0.3 is 0 Å². The summed E-state index contributed by atoms with van der Waals surface area (Å²) in [6, 6.07) is 1.60.